The van der Waals surface area contributed by atoms with E-state index in [-0.39, 0.29) is 9.13 Å². The average molecular weight is 265 g/mol. The largest absolute Gasteiger partial charge is 0.206 e. The molecule has 0 saturated heterocycles. The van der Waals surface area contributed by atoms with Crippen molar-refractivity contribution in [2.75, 3.05) is 0 Å². The van der Waals surface area contributed by atoms with Crippen molar-refractivity contribution in [1.82, 2.24) is 0 Å². The van der Waals surface area contributed by atoms with Gasteiger partial charge in [0.15, 0.2) is 0 Å². The molecule has 0 aliphatic carbocycles. The van der Waals surface area contributed by atoms with Crippen molar-refractivity contribution in [3.63, 3.8) is 0 Å². The maximum atomic E-state index is 12.6. The first-order valence-corrected chi connectivity index (χ1v) is 3.77. The molecule has 0 N–H and O–H groups in total. The number of nitrogens with zero attached hydrogens (tertiary/aromatic N) is 1. The highest BCUT2D eigenvalue weighted by Crippen LogP contribution is 2.15. The second-order valence-corrected chi connectivity index (χ2v) is 3.02. The Morgan fingerprint density at radius 3 is 2.45 bits per heavy atom. The van der Waals surface area contributed by atoms with Crippen LogP contribution in [-0.4, -0.2) is 0 Å². The van der Waals surface area contributed by atoms with Gasteiger partial charge in [-0.2, -0.15) is 5.26 Å². The first-order chi connectivity index (χ1) is 5.15. The molecule has 56 valence electrons. The predicted molar refractivity (Wildman–Crippen MR) is 43.8 cm³/mol. The van der Waals surface area contributed by atoms with Gasteiger partial charge in [0.05, 0.1) is 9.13 Å². The van der Waals surface area contributed by atoms with Gasteiger partial charge in [-0.1, -0.05) is 0 Å². The van der Waals surface area contributed by atoms with Crippen molar-refractivity contribution in [2.45, 2.75) is 0 Å². The van der Waals surface area contributed by atoms with Crippen LogP contribution < -0.4 is 0 Å². The molecule has 0 aromatic heterocycles. The fourth-order valence-electron chi connectivity index (χ4n) is 0.608. The first-order valence-electron chi connectivity index (χ1n) is 2.70. The lowest BCUT2D eigenvalue weighted by molar-refractivity contribution is 0.590. The molecule has 1 aromatic rings. The van der Waals surface area contributed by atoms with Crippen molar-refractivity contribution in [3.8, 4) is 6.07 Å². The average Bonchev–Trinajstić information content (AvgIpc) is 1.97. The third-order valence-corrected chi connectivity index (χ3v) is 1.96. The van der Waals surface area contributed by atoms with Crippen molar-refractivity contribution in [3.05, 3.63) is 32.9 Å². The second kappa shape index (κ2) is 3.13. The van der Waals surface area contributed by atoms with Crippen molar-refractivity contribution in [1.29, 1.82) is 5.26 Å². The molecule has 1 rings (SSSR count). The van der Waals surface area contributed by atoms with Gasteiger partial charge in [-0.3, -0.25) is 0 Å². The highest BCUT2D eigenvalue weighted by atomic mass is 127. The number of hydrogen-bond acceptors (Lipinski definition) is 1. The maximum Gasteiger partial charge on any atom is 0.142 e. The van der Waals surface area contributed by atoms with Crippen LogP contribution in [0.3, 0.4) is 0 Å². The van der Waals surface area contributed by atoms with Crippen LogP contribution in [0.15, 0.2) is 12.1 Å². The minimum atomic E-state index is -0.682. The molecule has 4 heteroatoms. The SMILES string of the molecule is N#Cc1cc(F)c(I)cc1F. The normalized spacial score (nSPS) is 9.27. The van der Waals surface area contributed by atoms with E-state index >= 15 is 0 Å². The van der Waals surface area contributed by atoms with Crippen LogP contribution >= 0.6 is 22.6 Å². The van der Waals surface area contributed by atoms with E-state index in [1.165, 1.54) is 0 Å². The maximum absolute atomic E-state index is 12.6. The molecule has 0 fully saturated rings. The van der Waals surface area contributed by atoms with Gasteiger partial charge >= 0.3 is 0 Å². The van der Waals surface area contributed by atoms with Crippen LogP contribution in [0.4, 0.5) is 8.78 Å². The monoisotopic (exact) mass is 265 g/mol. The molecule has 0 bridgehead atoms. The van der Waals surface area contributed by atoms with Crippen LogP contribution in [0.5, 0.6) is 0 Å². The predicted octanol–water partition coefficient (Wildman–Crippen LogP) is 2.44. The van der Waals surface area contributed by atoms with Crippen molar-refractivity contribution in [2.24, 2.45) is 0 Å². The fraction of sp³-hybridized carbons (Fsp3) is 0. The van der Waals surface area contributed by atoms with Gasteiger partial charge in [-0.15, -0.1) is 0 Å². The van der Waals surface area contributed by atoms with Gasteiger partial charge in [0.25, 0.3) is 0 Å². The summed E-state index contributed by atoms with van der Waals surface area (Å²) in [7, 11) is 0. The Hall–Kier alpha value is -0.700. The summed E-state index contributed by atoms with van der Waals surface area (Å²) in [6, 6.07) is 3.43. The quantitative estimate of drug-likeness (QED) is 0.522. The third-order valence-electron chi connectivity index (χ3n) is 1.13. The molecule has 0 heterocycles. The molecule has 0 aliphatic rings. The molecular weight excluding hydrogens is 263 g/mol. The zero-order valence-electron chi connectivity index (χ0n) is 5.24. The number of hydrogen-bond donors (Lipinski definition) is 0. The Labute approximate surface area is 75.8 Å². The molecule has 0 amide bonds. The van der Waals surface area contributed by atoms with Crippen LogP contribution in [-0.2, 0) is 0 Å². The van der Waals surface area contributed by atoms with Crippen LogP contribution in [0.2, 0.25) is 0 Å². The molecular formula is C7H2F2IN. The lowest BCUT2D eigenvalue weighted by Gasteiger charge is -1.95. The summed E-state index contributed by atoms with van der Waals surface area (Å²) in [5, 5.41) is 8.27. The zero-order chi connectivity index (χ0) is 8.43. The van der Waals surface area contributed by atoms with Gasteiger partial charge in [-0.05, 0) is 34.7 Å². The number of nitriles is 1. The van der Waals surface area contributed by atoms with E-state index < -0.39 is 11.6 Å². The Morgan fingerprint density at radius 2 is 1.91 bits per heavy atom. The Bertz CT molecular complexity index is 330. The summed E-state index contributed by atoms with van der Waals surface area (Å²) in [6.07, 6.45) is 0. The van der Waals surface area contributed by atoms with E-state index in [0.29, 0.717) is 0 Å². The Balaban J connectivity index is 3.35. The summed E-state index contributed by atoms with van der Waals surface area (Å²) < 4.78 is 25.4. The smallest absolute Gasteiger partial charge is 0.142 e. The molecule has 0 saturated carbocycles. The van der Waals surface area contributed by atoms with E-state index in [4.69, 9.17) is 5.26 Å². The highest BCUT2D eigenvalue weighted by Gasteiger charge is 2.06. The lowest BCUT2D eigenvalue weighted by Crippen LogP contribution is -1.89. The Morgan fingerprint density at radius 1 is 1.27 bits per heavy atom. The van der Waals surface area contributed by atoms with E-state index in [1.807, 2.05) is 0 Å². The third kappa shape index (κ3) is 1.66. The number of halogens is 3. The second-order valence-electron chi connectivity index (χ2n) is 1.86. The molecule has 0 atom stereocenters. The number of rotatable bonds is 0. The van der Waals surface area contributed by atoms with E-state index in [9.17, 15) is 8.78 Å². The zero-order valence-corrected chi connectivity index (χ0v) is 7.39. The molecule has 11 heavy (non-hydrogen) atoms. The van der Waals surface area contributed by atoms with Gasteiger partial charge in [0, 0.05) is 0 Å². The van der Waals surface area contributed by atoms with Gasteiger partial charge in [-0.25, -0.2) is 8.78 Å². The van der Waals surface area contributed by atoms with Gasteiger partial charge < -0.3 is 0 Å². The first kappa shape index (κ1) is 8.40. The fourth-order valence-corrected chi connectivity index (χ4v) is 1.04. The van der Waals surface area contributed by atoms with Crippen LogP contribution in [0.1, 0.15) is 5.56 Å². The van der Waals surface area contributed by atoms with E-state index in [1.54, 1.807) is 28.7 Å². The summed E-state index contributed by atoms with van der Waals surface area (Å²) in [4.78, 5) is 0. The summed E-state index contributed by atoms with van der Waals surface area (Å²) in [6.45, 7) is 0. The summed E-state index contributed by atoms with van der Waals surface area (Å²) in [5.74, 6) is -1.25. The molecule has 1 nitrogen and oxygen atoms in total. The van der Waals surface area contributed by atoms with E-state index in [2.05, 4.69) is 0 Å². The van der Waals surface area contributed by atoms with Gasteiger partial charge in [0.1, 0.15) is 17.7 Å². The van der Waals surface area contributed by atoms with Crippen LogP contribution in [0.25, 0.3) is 0 Å². The minimum Gasteiger partial charge on any atom is -0.206 e. The topological polar surface area (TPSA) is 23.8 Å². The molecule has 0 spiro atoms. The Kier molecular flexibility index (Phi) is 2.39. The van der Waals surface area contributed by atoms with Gasteiger partial charge in [0.2, 0.25) is 0 Å². The molecule has 0 radical (unpaired) electrons. The van der Waals surface area contributed by atoms with Crippen LogP contribution in [0, 0.1) is 26.5 Å². The van der Waals surface area contributed by atoms with E-state index in [0.717, 1.165) is 12.1 Å². The molecule has 1 aromatic carbocycles. The molecule has 0 unspecified atom stereocenters. The molecule has 0 aliphatic heterocycles. The van der Waals surface area contributed by atoms with Crippen molar-refractivity contribution < 1.29 is 8.78 Å². The summed E-state index contributed by atoms with van der Waals surface area (Å²) >= 11 is 1.66. The summed E-state index contributed by atoms with van der Waals surface area (Å²) in [5.41, 5.74) is -0.261. The minimum absolute atomic E-state index is 0.180. The highest BCUT2D eigenvalue weighted by molar-refractivity contribution is 14.1. The number of benzene rings is 1. The lowest BCUT2D eigenvalue weighted by atomic mass is 10.2. The standard InChI is InChI=1S/C7H2F2IN/c8-5-2-7(10)6(9)1-4(5)3-11/h1-2H. The van der Waals surface area contributed by atoms with Crippen molar-refractivity contribution >= 4 is 22.6 Å².